The molecule has 0 saturated carbocycles. The fourth-order valence-electron chi connectivity index (χ4n) is 5.62. The zero-order valence-corrected chi connectivity index (χ0v) is 17.5. The van der Waals surface area contributed by atoms with Gasteiger partial charge in [0.2, 0.25) is 0 Å². The van der Waals surface area contributed by atoms with Crippen molar-refractivity contribution in [3.05, 3.63) is 42.1 Å². The normalized spacial score (nSPS) is 25.6. The summed E-state index contributed by atoms with van der Waals surface area (Å²) in [4.78, 5) is 22.1. The summed E-state index contributed by atoms with van der Waals surface area (Å²) in [5, 5.41) is 11.7. The van der Waals surface area contributed by atoms with Gasteiger partial charge >= 0.3 is 0 Å². The Kier molecular flexibility index (Phi) is 5.48. The Balaban J connectivity index is 1.26. The molecule has 4 heterocycles. The Bertz CT molecular complexity index is 903. The Morgan fingerprint density at radius 3 is 2.67 bits per heavy atom. The summed E-state index contributed by atoms with van der Waals surface area (Å²) in [6.07, 6.45) is 4.59. The topological polar surface area (TPSA) is 65.9 Å². The van der Waals surface area contributed by atoms with Crippen LogP contribution in [0.2, 0.25) is 0 Å². The lowest BCUT2D eigenvalue weighted by molar-refractivity contribution is -0.0695. The third kappa shape index (κ3) is 3.96. The highest BCUT2D eigenvalue weighted by atomic mass is 16.5. The van der Waals surface area contributed by atoms with Gasteiger partial charge in [-0.2, -0.15) is 0 Å². The zero-order chi connectivity index (χ0) is 20.6. The van der Waals surface area contributed by atoms with E-state index in [9.17, 15) is 9.90 Å². The van der Waals surface area contributed by atoms with Crippen molar-refractivity contribution in [3.8, 4) is 0 Å². The number of rotatable bonds is 2. The van der Waals surface area contributed by atoms with Crippen molar-refractivity contribution in [1.29, 1.82) is 0 Å². The Hall–Kier alpha value is -2.02. The molecular weight excluding hydrogens is 378 g/mol. The van der Waals surface area contributed by atoms with Gasteiger partial charge in [0.1, 0.15) is 5.69 Å². The molecule has 2 aromatic rings. The van der Waals surface area contributed by atoms with Gasteiger partial charge < -0.3 is 14.7 Å². The smallest absolute Gasteiger partial charge is 0.272 e. The maximum Gasteiger partial charge on any atom is 0.272 e. The number of benzene rings is 1. The minimum Gasteiger partial charge on any atom is -0.392 e. The third-order valence-corrected chi connectivity index (χ3v) is 7.29. The Morgan fingerprint density at radius 1 is 1.10 bits per heavy atom. The van der Waals surface area contributed by atoms with E-state index in [4.69, 9.17) is 4.74 Å². The van der Waals surface area contributed by atoms with Crippen LogP contribution in [0.4, 0.5) is 0 Å². The lowest BCUT2D eigenvalue weighted by Crippen LogP contribution is -2.57. The third-order valence-electron chi connectivity index (χ3n) is 7.29. The van der Waals surface area contributed by atoms with Gasteiger partial charge in [0, 0.05) is 50.8 Å². The van der Waals surface area contributed by atoms with Crippen LogP contribution >= 0.6 is 0 Å². The van der Waals surface area contributed by atoms with Crippen LogP contribution in [0.25, 0.3) is 10.9 Å². The van der Waals surface area contributed by atoms with Crippen molar-refractivity contribution in [2.45, 2.75) is 44.2 Å². The van der Waals surface area contributed by atoms with Gasteiger partial charge in [-0.1, -0.05) is 24.3 Å². The number of carbonyl (C=O) groups excluding carboxylic acids is 1. The average Bonchev–Trinajstić information content (AvgIpc) is 2.79. The SMILES string of the molecule is O=C(c1ccc2ccccc2n1)N1CCC2(CC1)CC(O)CN(C1CCOCC1)C2. The van der Waals surface area contributed by atoms with Crippen LogP contribution < -0.4 is 0 Å². The molecule has 6 heteroatoms. The number of ether oxygens (including phenoxy) is 1. The number of aromatic nitrogens is 1. The highest BCUT2D eigenvalue weighted by Gasteiger charge is 2.44. The number of aliphatic hydroxyl groups excluding tert-OH is 1. The minimum absolute atomic E-state index is 0.0215. The maximum absolute atomic E-state index is 13.1. The molecule has 1 unspecified atom stereocenters. The standard InChI is InChI=1S/C24H31N3O3/c28-20-15-24(17-27(16-20)19-7-13-30-14-8-19)9-11-26(12-10-24)23(29)22-6-5-18-3-1-2-4-21(18)25-22/h1-6,19-20,28H,7-17H2. The lowest BCUT2D eigenvalue weighted by atomic mass is 9.71. The number of hydrogen-bond donors (Lipinski definition) is 1. The second-order valence-corrected chi connectivity index (χ2v) is 9.31. The van der Waals surface area contributed by atoms with Crippen molar-refractivity contribution in [3.63, 3.8) is 0 Å². The summed E-state index contributed by atoms with van der Waals surface area (Å²) >= 11 is 0. The number of para-hydroxylation sites is 1. The van der Waals surface area contributed by atoms with Crippen molar-refractivity contribution < 1.29 is 14.6 Å². The van der Waals surface area contributed by atoms with Gasteiger partial charge in [0.05, 0.1) is 11.6 Å². The number of piperidine rings is 2. The maximum atomic E-state index is 13.1. The average molecular weight is 410 g/mol. The molecule has 1 atom stereocenters. The number of β-amino-alcohol motifs (C(OH)–C–C–N with tert-alkyl or cyclic N) is 1. The Morgan fingerprint density at radius 2 is 1.87 bits per heavy atom. The van der Waals surface area contributed by atoms with Crippen molar-refractivity contribution in [2.75, 3.05) is 39.4 Å². The molecule has 3 fully saturated rings. The molecule has 3 aliphatic rings. The first kappa shape index (κ1) is 19.9. The van der Waals surface area contributed by atoms with Crippen LogP contribution in [0, 0.1) is 5.41 Å². The molecule has 0 radical (unpaired) electrons. The minimum atomic E-state index is -0.272. The van der Waals surface area contributed by atoms with Crippen molar-refractivity contribution in [1.82, 2.24) is 14.8 Å². The monoisotopic (exact) mass is 409 g/mol. The number of pyridine rings is 1. The van der Waals surface area contributed by atoms with Crippen LogP contribution in [0.15, 0.2) is 36.4 Å². The van der Waals surface area contributed by atoms with Gasteiger partial charge in [-0.3, -0.25) is 9.69 Å². The molecule has 1 amide bonds. The van der Waals surface area contributed by atoms with E-state index >= 15 is 0 Å². The van der Waals surface area contributed by atoms with E-state index in [2.05, 4.69) is 9.88 Å². The molecule has 6 nitrogen and oxygen atoms in total. The quantitative estimate of drug-likeness (QED) is 0.826. The molecule has 0 aliphatic carbocycles. The predicted octanol–water partition coefficient (Wildman–Crippen LogP) is 2.70. The number of amides is 1. The summed E-state index contributed by atoms with van der Waals surface area (Å²) in [5.41, 5.74) is 1.50. The van der Waals surface area contributed by atoms with E-state index in [1.807, 2.05) is 41.3 Å². The summed E-state index contributed by atoms with van der Waals surface area (Å²) in [6.45, 7) is 4.93. The van der Waals surface area contributed by atoms with Gasteiger partial charge in [-0.25, -0.2) is 4.98 Å². The van der Waals surface area contributed by atoms with E-state index in [1.165, 1.54) is 0 Å². The van der Waals surface area contributed by atoms with E-state index < -0.39 is 0 Å². The number of hydrogen-bond acceptors (Lipinski definition) is 5. The molecule has 0 bridgehead atoms. The summed E-state index contributed by atoms with van der Waals surface area (Å²) in [7, 11) is 0. The highest BCUT2D eigenvalue weighted by Crippen LogP contribution is 2.41. The van der Waals surface area contributed by atoms with Crippen LogP contribution in [-0.4, -0.2) is 77.3 Å². The molecule has 30 heavy (non-hydrogen) atoms. The molecule has 1 aromatic carbocycles. The fraction of sp³-hybridized carbons (Fsp3) is 0.583. The summed E-state index contributed by atoms with van der Waals surface area (Å²) in [5.74, 6) is 0.0215. The number of likely N-dealkylation sites (tertiary alicyclic amines) is 2. The molecule has 1 aromatic heterocycles. The first-order chi connectivity index (χ1) is 14.6. The number of carbonyl (C=O) groups is 1. The molecule has 3 saturated heterocycles. The molecule has 5 rings (SSSR count). The number of nitrogens with zero attached hydrogens (tertiary/aromatic N) is 3. The second kappa shape index (κ2) is 8.25. The van der Waals surface area contributed by atoms with Crippen LogP contribution in [0.5, 0.6) is 0 Å². The largest absolute Gasteiger partial charge is 0.392 e. The van der Waals surface area contributed by atoms with Crippen LogP contribution in [0.1, 0.15) is 42.6 Å². The van der Waals surface area contributed by atoms with Gasteiger partial charge in [-0.05, 0) is 49.7 Å². The predicted molar refractivity (Wildman–Crippen MR) is 115 cm³/mol. The van der Waals surface area contributed by atoms with Crippen LogP contribution in [0.3, 0.4) is 0 Å². The second-order valence-electron chi connectivity index (χ2n) is 9.31. The summed E-state index contributed by atoms with van der Waals surface area (Å²) < 4.78 is 5.52. The van der Waals surface area contributed by atoms with E-state index in [1.54, 1.807) is 0 Å². The first-order valence-electron chi connectivity index (χ1n) is 11.3. The first-order valence-corrected chi connectivity index (χ1v) is 11.3. The van der Waals surface area contributed by atoms with Crippen LogP contribution in [-0.2, 0) is 4.74 Å². The van der Waals surface area contributed by atoms with Gasteiger partial charge in [-0.15, -0.1) is 0 Å². The number of fused-ring (bicyclic) bond motifs is 1. The van der Waals surface area contributed by atoms with Crippen molar-refractivity contribution in [2.24, 2.45) is 5.41 Å². The molecule has 1 N–H and O–H groups in total. The summed E-state index contributed by atoms with van der Waals surface area (Å²) in [6, 6.07) is 12.2. The fourth-order valence-corrected chi connectivity index (χ4v) is 5.62. The zero-order valence-electron chi connectivity index (χ0n) is 17.5. The van der Waals surface area contributed by atoms with Gasteiger partial charge in [0.25, 0.3) is 5.91 Å². The molecular formula is C24H31N3O3. The molecule has 160 valence electrons. The lowest BCUT2D eigenvalue weighted by Gasteiger charge is -2.51. The van der Waals surface area contributed by atoms with Crippen molar-refractivity contribution >= 4 is 16.8 Å². The van der Waals surface area contributed by atoms with Gasteiger partial charge in [0.15, 0.2) is 0 Å². The Labute approximate surface area is 177 Å². The van der Waals surface area contributed by atoms with E-state index in [0.717, 1.165) is 82.4 Å². The molecule has 3 aliphatic heterocycles. The van der Waals surface area contributed by atoms with E-state index in [-0.39, 0.29) is 17.4 Å². The van der Waals surface area contributed by atoms with E-state index in [0.29, 0.717) is 11.7 Å². The molecule has 1 spiro atoms. The number of aliphatic hydroxyl groups is 1. The highest BCUT2D eigenvalue weighted by molar-refractivity contribution is 5.95.